The summed E-state index contributed by atoms with van der Waals surface area (Å²) in [5, 5.41) is 6.04. The summed E-state index contributed by atoms with van der Waals surface area (Å²) < 4.78 is 6.04. The van der Waals surface area contributed by atoms with Gasteiger partial charge in [0.25, 0.3) is 5.91 Å². The number of carbonyl (C=O) groups is 3. The molecule has 7 nitrogen and oxygen atoms in total. The molecule has 2 N–H and O–H groups in total. The summed E-state index contributed by atoms with van der Waals surface area (Å²) in [6.07, 6.45) is 4.01. The molecule has 0 bridgehead atoms. The van der Waals surface area contributed by atoms with Gasteiger partial charge >= 0.3 is 0 Å². The molecule has 7 heteroatoms. The van der Waals surface area contributed by atoms with Crippen molar-refractivity contribution in [3.8, 4) is 0 Å². The molecule has 3 aliphatic rings. The minimum Gasteiger partial charge on any atom is -0.353 e. The predicted octanol–water partition coefficient (Wildman–Crippen LogP) is 2.45. The first kappa shape index (κ1) is 21.8. The average molecular weight is 428 g/mol. The first-order valence-corrected chi connectivity index (χ1v) is 11.6. The van der Waals surface area contributed by atoms with Crippen LogP contribution in [-0.2, 0) is 25.5 Å². The Morgan fingerprint density at radius 3 is 2.74 bits per heavy atom. The van der Waals surface area contributed by atoms with E-state index in [1.807, 2.05) is 32.9 Å². The quantitative estimate of drug-likeness (QED) is 0.756. The van der Waals surface area contributed by atoms with E-state index in [0.717, 1.165) is 19.3 Å². The van der Waals surface area contributed by atoms with E-state index in [2.05, 4.69) is 22.8 Å². The van der Waals surface area contributed by atoms with Crippen LogP contribution in [-0.4, -0.2) is 47.0 Å². The summed E-state index contributed by atoms with van der Waals surface area (Å²) in [6.45, 7) is 5.58. The van der Waals surface area contributed by atoms with Crippen LogP contribution in [0.15, 0.2) is 24.3 Å². The van der Waals surface area contributed by atoms with Gasteiger partial charge in [-0.05, 0) is 56.6 Å². The maximum Gasteiger partial charge on any atom is 0.250 e. The van der Waals surface area contributed by atoms with Crippen molar-refractivity contribution in [3.05, 3.63) is 35.4 Å². The van der Waals surface area contributed by atoms with Gasteiger partial charge in [0.15, 0.2) is 0 Å². The van der Waals surface area contributed by atoms with Crippen molar-refractivity contribution in [1.29, 1.82) is 0 Å². The fraction of sp³-hybridized carbons (Fsp3) is 0.625. The van der Waals surface area contributed by atoms with Crippen LogP contribution in [0.2, 0.25) is 0 Å². The molecule has 1 aromatic carbocycles. The highest BCUT2D eigenvalue weighted by atomic mass is 16.5. The third-order valence-electron chi connectivity index (χ3n) is 7.04. The molecule has 0 spiro atoms. The Morgan fingerprint density at radius 2 is 1.97 bits per heavy atom. The topological polar surface area (TPSA) is 87.7 Å². The molecule has 1 aromatic rings. The molecule has 1 unspecified atom stereocenters. The van der Waals surface area contributed by atoms with Gasteiger partial charge in [-0.2, -0.15) is 0 Å². The number of amides is 3. The smallest absolute Gasteiger partial charge is 0.250 e. The van der Waals surface area contributed by atoms with E-state index in [0.29, 0.717) is 19.3 Å². The fourth-order valence-corrected chi connectivity index (χ4v) is 4.99. The lowest BCUT2D eigenvalue weighted by Gasteiger charge is -2.41. The predicted molar refractivity (Wildman–Crippen MR) is 116 cm³/mol. The Balaban J connectivity index is 1.47. The third kappa shape index (κ3) is 4.20. The van der Waals surface area contributed by atoms with Crippen molar-refractivity contribution < 1.29 is 19.1 Å². The van der Waals surface area contributed by atoms with Gasteiger partial charge in [-0.15, -0.1) is 0 Å². The average Bonchev–Trinajstić information content (AvgIpc) is 3.20. The molecule has 0 radical (unpaired) electrons. The maximum atomic E-state index is 13.3. The summed E-state index contributed by atoms with van der Waals surface area (Å²) in [7, 11) is 0. The highest BCUT2D eigenvalue weighted by molar-refractivity contribution is 5.94. The van der Waals surface area contributed by atoms with Gasteiger partial charge in [0, 0.05) is 5.92 Å². The van der Waals surface area contributed by atoms with Crippen LogP contribution >= 0.6 is 0 Å². The standard InChI is InChI=1S/C24H33N3O4/c1-4-14(2)22(28)26-21-15(3)31-20-13-12-19(27(20)24(21)30)23(29)25-18-11-7-9-16-8-5-6-10-17(16)18/h5-6,8,10,14-15,18-21H,4,7,9,11-13H2,1-3H3,(H,25,29)(H,26,28)/t14-,15-,18-,19?,20+,21+/m1/s1. The van der Waals surface area contributed by atoms with Crippen molar-refractivity contribution in [3.63, 3.8) is 0 Å². The van der Waals surface area contributed by atoms with Crippen LogP contribution in [0.5, 0.6) is 0 Å². The highest BCUT2D eigenvalue weighted by Gasteiger charge is 2.50. The van der Waals surface area contributed by atoms with Gasteiger partial charge in [0.2, 0.25) is 11.8 Å². The van der Waals surface area contributed by atoms with E-state index < -0.39 is 24.4 Å². The zero-order valence-electron chi connectivity index (χ0n) is 18.6. The van der Waals surface area contributed by atoms with Crippen molar-refractivity contribution in [2.24, 2.45) is 5.92 Å². The van der Waals surface area contributed by atoms with Crippen LogP contribution in [0.3, 0.4) is 0 Å². The monoisotopic (exact) mass is 427 g/mol. The molecule has 2 saturated heterocycles. The van der Waals surface area contributed by atoms with Crippen molar-refractivity contribution in [1.82, 2.24) is 15.5 Å². The molecular formula is C24H33N3O4. The summed E-state index contributed by atoms with van der Waals surface area (Å²) >= 11 is 0. The molecule has 2 aliphatic heterocycles. The number of hydrogen-bond donors (Lipinski definition) is 2. The first-order chi connectivity index (χ1) is 14.9. The molecular weight excluding hydrogens is 394 g/mol. The number of rotatable bonds is 5. The van der Waals surface area contributed by atoms with Gasteiger partial charge in [0.1, 0.15) is 18.3 Å². The highest BCUT2D eigenvalue weighted by Crippen LogP contribution is 2.34. The lowest BCUT2D eigenvalue weighted by molar-refractivity contribution is -0.179. The zero-order valence-corrected chi connectivity index (χ0v) is 18.6. The molecule has 31 heavy (non-hydrogen) atoms. The van der Waals surface area contributed by atoms with Gasteiger partial charge < -0.3 is 20.3 Å². The van der Waals surface area contributed by atoms with E-state index in [1.165, 1.54) is 11.1 Å². The molecule has 2 fully saturated rings. The molecule has 0 aromatic heterocycles. The van der Waals surface area contributed by atoms with E-state index in [9.17, 15) is 14.4 Å². The van der Waals surface area contributed by atoms with Gasteiger partial charge in [0.05, 0.1) is 12.1 Å². The SMILES string of the molecule is CC[C@@H](C)C(=O)N[C@@H]1C(=O)N2C(C(=O)N[C@@H]3CCCc4ccccc43)CC[C@@H]2O[C@@H]1C. The van der Waals surface area contributed by atoms with Gasteiger partial charge in [-0.1, -0.05) is 38.1 Å². The van der Waals surface area contributed by atoms with E-state index in [1.54, 1.807) is 4.90 Å². The van der Waals surface area contributed by atoms with Crippen molar-refractivity contribution in [2.45, 2.75) is 89.8 Å². The molecule has 4 rings (SSSR count). The number of aryl methyl sites for hydroxylation is 1. The number of benzene rings is 1. The van der Waals surface area contributed by atoms with E-state index in [4.69, 9.17) is 4.74 Å². The Morgan fingerprint density at radius 1 is 1.19 bits per heavy atom. The maximum absolute atomic E-state index is 13.3. The minimum atomic E-state index is -0.762. The molecule has 0 saturated carbocycles. The fourth-order valence-electron chi connectivity index (χ4n) is 4.99. The van der Waals surface area contributed by atoms with Crippen LogP contribution in [0.4, 0.5) is 0 Å². The molecule has 3 amide bonds. The second-order valence-corrected chi connectivity index (χ2v) is 9.08. The molecule has 2 heterocycles. The Labute approximate surface area is 183 Å². The summed E-state index contributed by atoms with van der Waals surface area (Å²) in [4.78, 5) is 40.5. The molecule has 1 aliphatic carbocycles. The second-order valence-electron chi connectivity index (χ2n) is 9.08. The molecule has 6 atom stereocenters. The second kappa shape index (κ2) is 8.99. The third-order valence-corrected chi connectivity index (χ3v) is 7.04. The zero-order chi connectivity index (χ0) is 22.1. The van der Waals surface area contributed by atoms with Crippen LogP contribution < -0.4 is 10.6 Å². The number of nitrogens with zero attached hydrogens (tertiary/aromatic N) is 1. The van der Waals surface area contributed by atoms with Crippen LogP contribution in [0, 0.1) is 5.92 Å². The minimum absolute atomic E-state index is 0.0304. The summed E-state index contributed by atoms with van der Waals surface area (Å²) in [5.74, 6) is -0.694. The van der Waals surface area contributed by atoms with Gasteiger partial charge in [-0.25, -0.2) is 0 Å². The number of carbonyl (C=O) groups excluding carboxylic acids is 3. The number of hydrogen-bond acceptors (Lipinski definition) is 4. The molecule has 168 valence electrons. The first-order valence-electron chi connectivity index (χ1n) is 11.6. The lowest BCUT2D eigenvalue weighted by atomic mass is 9.87. The van der Waals surface area contributed by atoms with E-state index >= 15 is 0 Å². The number of ether oxygens (including phenoxy) is 1. The van der Waals surface area contributed by atoms with Crippen molar-refractivity contribution in [2.75, 3.05) is 0 Å². The lowest BCUT2D eigenvalue weighted by Crippen LogP contribution is -2.64. The summed E-state index contributed by atoms with van der Waals surface area (Å²) in [6, 6.07) is 6.87. The number of nitrogens with one attached hydrogen (secondary N) is 2. The summed E-state index contributed by atoms with van der Waals surface area (Å²) in [5.41, 5.74) is 2.45. The van der Waals surface area contributed by atoms with Crippen LogP contribution in [0.25, 0.3) is 0 Å². The Hall–Kier alpha value is -2.41. The Kier molecular flexibility index (Phi) is 6.32. The largest absolute Gasteiger partial charge is 0.353 e. The van der Waals surface area contributed by atoms with E-state index in [-0.39, 0.29) is 29.7 Å². The van der Waals surface area contributed by atoms with Crippen LogP contribution in [0.1, 0.15) is 70.0 Å². The normalized spacial score (nSPS) is 30.9. The van der Waals surface area contributed by atoms with Crippen molar-refractivity contribution >= 4 is 17.7 Å². The Bertz CT molecular complexity index is 857. The number of fused-ring (bicyclic) bond motifs is 2. The van der Waals surface area contributed by atoms with Gasteiger partial charge in [-0.3, -0.25) is 14.4 Å².